The number of nitrogens with two attached hydrogens (primary N) is 1. The van der Waals surface area contributed by atoms with Crippen molar-refractivity contribution in [3.8, 4) is 0 Å². The highest BCUT2D eigenvalue weighted by atomic mass is 16.5. The molecule has 1 amide bonds. The van der Waals surface area contributed by atoms with E-state index in [-0.39, 0.29) is 5.91 Å². The second-order valence-corrected chi connectivity index (χ2v) is 3.39. The summed E-state index contributed by atoms with van der Waals surface area (Å²) in [5.74, 6) is -0.175. The molecule has 3 N–H and O–H groups in total. The van der Waals surface area contributed by atoms with E-state index in [1.807, 2.05) is 13.0 Å². The lowest BCUT2D eigenvalue weighted by molar-refractivity contribution is -0.124. The number of anilines is 2. The van der Waals surface area contributed by atoms with Gasteiger partial charge in [0.15, 0.2) is 0 Å². The topological polar surface area (TPSA) is 64.3 Å². The molecule has 0 saturated heterocycles. The molecule has 15 heavy (non-hydrogen) atoms. The average Bonchev–Trinajstić information content (AvgIpc) is 2.23. The van der Waals surface area contributed by atoms with Crippen molar-refractivity contribution in [2.75, 3.05) is 18.2 Å². The molecule has 0 bridgehead atoms. The van der Waals surface area contributed by atoms with Gasteiger partial charge >= 0.3 is 0 Å². The Hall–Kier alpha value is -1.55. The number of amides is 1. The minimum atomic E-state index is -0.467. The number of ether oxygens (including phenoxy) is 1. The molecule has 1 rings (SSSR count). The van der Waals surface area contributed by atoms with Gasteiger partial charge in [0, 0.05) is 18.5 Å². The van der Waals surface area contributed by atoms with Crippen molar-refractivity contribution in [1.82, 2.24) is 0 Å². The molecule has 1 aromatic carbocycles. The molecule has 0 aliphatic rings. The summed E-state index contributed by atoms with van der Waals surface area (Å²) in [6.45, 7) is 3.55. The molecule has 0 fully saturated rings. The lowest BCUT2D eigenvalue weighted by Gasteiger charge is -2.13. The van der Waals surface area contributed by atoms with Crippen LogP contribution in [0, 0.1) is 6.92 Å². The van der Waals surface area contributed by atoms with Crippen LogP contribution < -0.4 is 11.1 Å². The fourth-order valence-corrected chi connectivity index (χ4v) is 1.13. The van der Waals surface area contributed by atoms with Gasteiger partial charge in [0.1, 0.15) is 6.10 Å². The van der Waals surface area contributed by atoms with Crippen LogP contribution in [0.15, 0.2) is 18.2 Å². The third-order valence-corrected chi connectivity index (χ3v) is 2.36. The zero-order valence-corrected chi connectivity index (χ0v) is 9.20. The van der Waals surface area contributed by atoms with E-state index < -0.39 is 6.10 Å². The van der Waals surface area contributed by atoms with Crippen LogP contribution in [0.25, 0.3) is 0 Å². The summed E-state index contributed by atoms with van der Waals surface area (Å²) in [4.78, 5) is 11.5. The van der Waals surface area contributed by atoms with Gasteiger partial charge in [0.05, 0.1) is 0 Å². The first-order chi connectivity index (χ1) is 7.06. The summed E-state index contributed by atoms with van der Waals surface area (Å²) in [5, 5.41) is 2.76. The van der Waals surface area contributed by atoms with Gasteiger partial charge in [0.25, 0.3) is 5.91 Å². The number of nitrogens with one attached hydrogen (secondary N) is 1. The monoisotopic (exact) mass is 208 g/mol. The molecule has 1 atom stereocenters. The predicted octanol–water partition coefficient (Wildman–Crippen LogP) is 1.55. The largest absolute Gasteiger partial charge is 0.398 e. The van der Waals surface area contributed by atoms with Gasteiger partial charge in [-0.1, -0.05) is 6.07 Å². The van der Waals surface area contributed by atoms with Crippen molar-refractivity contribution < 1.29 is 9.53 Å². The molecular formula is C11H16N2O2. The second kappa shape index (κ2) is 4.79. The van der Waals surface area contributed by atoms with Crippen LogP contribution in [0.4, 0.5) is 11.4 Å². The zero-order valence-electron chi connectivity index (χ0n) is 9.20. The van der Waals surface area contributed by atoms with Crippen LogP contribution in [0.2, 0.25) is 0 Å². The van der Waals surface area contributed by atoms with Crippen molar-refractivity contribution in [2.24, 2.45) is 0 Å². The number of nitrogen functional groups attached to an aromatic ring is 1. The summed E-state index contributed by atoms with van der Waals surface area (Å²) in [7, 11) is 1.50. The molecule has 0 aliphatic carbocycles. The summed E-state index contributed by atoms with van der Waals surface area (Å²) in [6.07, 6.45) is -0.467. The molecule has 0 radical (unpaired) electrons. The summed E-state index contributed by atoms with van der Waals surface area (Å²) in [5.41, 5.74) is 7.98. The molecule has 1 unspecified atom stereocenters. The first kappa shape index (κ1) is 11.5. The van der Waals surface area contributed by atoms with Crippen LogP contribution in [-0.4, -0.2) is 19.1 Å². The van der Waals surface area contributed by atoms with E-state index in [0.29, 0.717) is 5.69 Å². The first-order valence-corrected chi connectivity index (χ1v) is 4.75. The molecule has 4 nitrogen and oxygen atoms in total. The molecular weight excluding hydrogens is 192 g/mol. The Kier molecular flexibility index (Phi) is 3.68. The highest BCUT2D eigenvalue weighted by Gasteiger charge is 2.12. The Bertz CT molecular complexity index is 364. The van der Waals surface area contributed by atoms with Gasteiger partial charge in [-0.15, -0.1) is 0 Å². The van der Waals surface area contributed by atoms with Crippen molar-refractivity contribution >= 4 is 17.3 Å². The maximum atomic E-state index is 11.5. The van der Waals surface area contributed by atoms with E-state index in [2.05, 4.69) is 5.32 Å². The van der Waals surface area contributed by atoms with Crippen molar-refractivity contribution in [1.29, 1.82) is 0 Å². The Morgan fingerprint density at radius 3 is 2.80 bits per heavy atom. The standard InChI is InChI=1S/C11H16N2O2/c1-7-9(12)5-4-6-10(7)13-11(14)8(2)15-3/h4-6,8H,12H2,1-3H3,(H,13,14). The minimum Gasteiger partial charge on any atom is -0.398 e. The van der Waals surface area contributed by atoms with Crippen LogP contribution >= 0.6 is 0 Å². The first-order valence-electron chi connectivity index (χ1n) is 4.75. The fourth-order valence-electron chi connectivity index (χ4n) is 1.13. The SMILES string of the molecule is COC(C)C(=O)Nc1cccc(N)c1C. The van der Waals surface area contributed by atoms with E-state index in [0.717, 1.165) is 11.3 Å². The number of hydrogen-bond acceptors (Lipinski definition) is 3. The Morgan fingerprint density at radius 2 is 2.20 bits per heavy atom. The number of methoxy groups -OCH3 is 1. The molecule has 1 aromatic rings. The summed E-state index contributed by atoms with van der Waals surface area (Å²) < 4.78 is 4.91. The van der Waals surface area contributed by atoms with Gasteiger partial charge < -0.3 is 15.8 Å². The Morgan fingerprint density at radius 1 is 1.53 bits per heavy atom. The summed E-state index contributed by atoms with van der Waals surface area (Å²) >= 11 is 0. The summed E-state index contributed by atoms with van der Waals surface area (Å²) in [6, 6.07) is 5.41. The van der Waals surface area contributed by atoms with Gasteiger partial charge in [-0.3, -0.25) is 4.79 Å². The molecule has 4 heteroatoms. The maximum Gasteiger partial charge on any atom is 0.253 e. The average molecular weight is 208 g/mol. The van der Waals surface area contributed by atoms with E-state index in [4.69, 9.17) is 10.5 Å². The normalized spacial score (nSPS) is 12.2. The maximum absolute atomic E-state index is 11.5. The van der Waals surface area contributed by atoms with E-state index in [1.54, 1.807) is 19.1 Å². The lowest BCUT2D eigenvalue weighted by Crippen LogP contribution is -2.26. The third kappa shape index (κ3) is 2.70. The van der Waals surface area contributed by atoms with Crippen LogP contribution in [0.1, 0.15) is 12.5 Å². The molecule has 0 aliphatic heterocycles. The van der Waals surface area contributed by atoms with Gasteiger partial charge in [-0.05, 0) is 31.5 Å². The van der Waals surface area contributed by atoms with Crippen molar-refractivity contribution in [3.05, 3.63) is 23.8 Å². The van der Waals surface area contributed by atoms with E-state index >= 15 is 0 Å². The molecule has 0 saturated carbocycles. The Balaban J connectivity index is 2.81. The van der Waals surface area contributed by atoms with Crippen LogP contribution in [0.5, 0.6) is 0 Å². The number of carbonyl (C=O) groups is 1. The van der Waals surface area contributed by atoms with E-state index in [9.17, 15) is 4.79 Å². The molecule has 82 valence electrons. The fraction of sp³-hybridized carbons (Fsp3) is 0.364. The number of hydrogen-bond donors (Lipinski definition) is 2. The van der Waals surface area contributed by atoms with Gasteiger partial charge in [0.2, 0.25) is 0 Å². The smallest absolute Gasteiger partial charge is 0.253 e. The van der Waals surface area contributed by atoms with Gasteiger partial charge in [-0.2, -0.15) is 0 Å². The second-order valence-electron chi connectivity index (χ2n) is 3.39. The van der Waals surface area contributed by atoms with Crippen LogP contribution in [-0.2, 0) is 9.53 Å². The molecule has 0 spiro atoms. The minimum absolute atomic E-state index is 0.175. The van der Waals surface area contributed by atoms with Crippen molar-refractivity contribution in [3.63, 3.8) is 0 Å². The van der Waals surface area contributed by atoms with Crippen LogP contribution in [0.3, 0.4) is 0 Å². The highest BCUT2D eigenvalue weighted by molar-refractivity contribution is 5.95. The quantitative estimate of drug-likeness (QED) is 0.741. The lowest BCUT2D eigenvalue weighted by atomic mass is 10.1. The predicted molar refractivity (Wildman–Crippen MR) is 60.7 cm³/mol. The Labute approximate surface area is 89.4 Å². The highest BCUT2D eigenvalue weighted by Crippen LogP contribution is 2.20. The third-order valence-electron chi connectivity index (χ3n) is 2.36. The zero-order chi connectivity index (χ0) is 11.4. The molecule has 0 heterocycles. The van der Waals surface area contributed by atoms with E-state index in [1.165, 1.54) is 7.11 Å². The number of rotatable bonds is 3. The molecule has 0 aromatic heterocycles. The number of benzene rings is 1. The number of carbonyl (C=O) groups excluding carboxylic acids is 1. The van der Waals surface area contributed by atoms with Gasteiger partial charge in [-0.25, -0.2) is 0 Å². The van der Waals surface area contributed by atoms with Crippen molar-refractivity contribution in [2.45, 2.75) is 20.0 Å².